The van der Waals surface area contributed by atoms with Gasteiger partial charge in [-0.1, -0.05) is 46.0 Å². The van der Waals surface area contributed by atoms with Gasteiger partial charge in [0.05, 0.1) is 0 Å². The molecule has 0 bridgehead atoms. The Morgan fingerprint density at radius 3 is 1.91 bits per heavy atom. The van der Waals surface area contributed by atoms with Gasteiger partial charge in [-0.2, -0.15) is 0 Å². The molecule has 0 amide bonds. The maximum atomic E-state index is 12.0. The van der Waals surface area contributed by atoms with Crippen molar-refractivity contribution in [1.29, 1.82) is 0 Å². The average molecular weight is 326 g/mol. The normalized spacial score (nSPS) is 13.6. The molecule has 0 fully saturated rings. The molecule has 0 aliphatic rings. The van der Waals surface area contributed by atoms with Crippen molar-refractivity contribution in [2.75, 3.05) is 0 Å². The van der Waals surface area contributed by atoms with Crippen molar-refractivity contribution in [3.05, 3.63) is 0 Å². The molecule has 0 aromatic rings. The van der Waals surface area contributed by atoms with Gasteiger partial charge in [0.25, 0.3) is 0 Å². The van der Waals surface area contributed by atoms with Crippen molar-refractivity contribution >= 4 is 17.3 Å². The summed E-state index contributed by atoms with van der Waals surface area (Å²) in [4.78, 5) is 35.5. The Bertz CT molecular complexity index is 376. The van der Waals surface area contributed by atoms with Crippen LogP contribution in [0.4, 0.5) is 0 Å². The van der Waals surface area contributed by atoms with Crippen molar-refractivity contribution in [3.63, 3.8) is 0 Å². The summed E-state index contributed by atoms with van der Waals surface area (Å²) in [5, 5.41) is 10.5. The fraction of sp³-hybridized carbons (Fsp3) is 0.842. The second-order valence-corrected chi connectivity index (χ2v) is 6.61. The van der Waals surface area contributed by atoms with E-state index in [1.54, 1.807) is 0 Å². The first-order valence-corrected chi connectivity index (χ1v) is 9.12. The van der Waals surface area contributed by atoms with Crippen LogP contribution >= 0.6 is 0 Å². The standard InChI is InChI=1S/C19H34O4/c1-4-6-8-9-10-12-18(22)15-19(23,16(3)20)14-13-17(21)11-7-5-2/h23H,4-15H2,1-3H3. The first-order chi connectivity index (χ1) is 10.9. The number of ketones is 3. The summed E-state index contributed by atoms with van der Waals surface area (Å²) in [6.07, 6.45) is 7.99. The molecule has 0 aromatic carbocycles. The first-order valence-electron chi connectivity index (χ1n) is 9.12. The van der Waals surface area contributed by atoms with Crippen molar-refractivity contribution in [2.24, 2.45) is 0 Å². The van der Waals surface area contributed by atoms with Gasteiger partial charge in [-0.05, 0) is 26.2 Å². The van der Waals surface area contributed by atoms with Gasteiger partial charge >= 0.3 is 0 Å². The Labute approximate surface area is 141 Å². The fourth-order valence-corrected chi connectivity index (χ4v) is 2.57. The van der Waals surface area contributed by atoms with E-state index in [9.17, 15) is 19.5 Å². The Morgan fingerprint density at radius 1 is 0.783 bits per heavy atom. The summed E-state index contributed by atoms with van der Waals surface area (Å²) < 4.78 is 0. The zero-order valence-electron chi connectivity index (χ0n) is 15.2. The molecule has 0 aliphatic heterocycles. The van der Waals surface area contributed by atoms with Gasteiger partial charge in [-0.3, -0.25) is 14.4 Å². The molecule has 0 saturated heterocycles. The topological polar surface area (TPSA) is 71.4 Å². The van der Waals surface area contributed by atoms with Crippen LogP contribution in [0.3, 0.4) is 0 Å². The maximum absolute atomic E-state index is 12.0. The van der Waals surface area contributed by atoms with E-state index in [1.807, 2.05) is 6.92 Å². The van der Waals surface area contributed by atoms with Crippen molar-refractivity contribution in [2.45, 2.75) is 103 Å². The minimum atomic E-state index is -1.66. The largest absolute Gasteiger partial charge is 0.382 e. The number of carbonyl (C=O) groups is 3. The zero-order valence-corrected chi connectivity index (χ0v) is 15.2. The summed E-state index contributed by atoms with van der Waals surface area (Å²) in [7, 11) is 0. The Hall–Kier alpha value is -1.03. The molecule has 0 saturated carbocycles. The van der Waals surface area contributed by atoms with E-state index in [0.29, 0.717) is 12.8 Å². The Balaban J connectivity index is 4.28. The van der Waals surface area contributed by atoms with Crippen LogP contribution < -0.4 is 0 Å². The molecule has 134 valence electrons. The molecule has 0 radical (unpaired) electrons. The number of hydrogen-bond donors (Lipinski definition) is 1. The summed E-state index contributed by atoms with van der Waals surface area (Å²) >= 11 is 0. The van der Waals surface area contributed by atoms with Gasteiger partial charge < -0.3 is 5.11 Å². The van der Waals surface area contributed by atoms with Gasteiger partial charge in [-0.15, -0.1) is 0 Å². The third-order valence-electron chi connectivity index (χ3n) is 4.33. The minimum absolute atomic E-state index is 0.0542. The quantitative estimate of drug-likeness (QED) is 0.459. The first kappa shape index (κ1) is 22.0. The van der Waals surface area contributed by atoms with E-state index < -0.39 is 11.4 Å². The molecule has 0 aromatic heterocycles. The van der Waals surface area contributed by atoms with Gasteiger partial charge in [0.15, 0.2) is 5.78 Å². The van der Waals surface area contributed by atoms with Crippen LogP contribution in [0.5, 0.6) is 0 Å². The molecule has 0 heterocycles. The number of aliphatic hydroxyl groups is 1. The van der Waals surface area contributed by atoms with E-state index in [1.165, 1.54) is 13.3 Å². The van der Waals surface area contributed by atoms with Crippen LogP contribution in [0.2, 0.25) is 0 Å². The Kier molecular flexibility index (Phi) is 11.8. The van der Waals surface area contributed by atoms with E-state index in [0.717, 1.165) is 38.5 Å². The molecule has 4 nitrogen and oxygen atoms in total. The second kappa shape index (κ2) is 12.4. The number of unbranched alkanes of at least 4 members (excludes halogenated alkanes) is 5. The number of Topliss-reactive ketones (excluding diaryl/α,β-unsaturated/α-hetero) is 3. The van der Waals surface area contributed by atoms with Crippen LogP contribution in [-0.2, 0) is 14.4 Å². The van der Waals surface area contributed by atoms with Crippen LogP contribution in [0.15, 0.2) is 0 Å². The summed E-state index contributed by atoms with van der Waals surface area (Å²) in [6, 6.07) is 0. The van der Waals surface area contributed by atoms with Crippen molar-refractivity contribution in [3.8, 4) is 0 Å². The smallest absolute Gasteiger partial charge is 0.161 e. The monoisotopic (exact) mass is 326 g/mol. The molecular weight excluding hydrogens is 292 g/mol. The molecule has 0 aliphatic carbocycles. The second-order valence-electron chi connectivity index (χ2n) is 6.61. The third-order valence-corrected chi connectivity index (χ3v) is 4.33. The molecule has 0 spiro atoms. The predicted octanol–water partition coefficient (Wildman–Crippen LogP) is 4.17. The Morgan fingerprint density at radius 2 is 1.35 bits per heavy atom. The van der Waals surface area contributed by atoms with E-state index >= 15 is 0 Å². The summed E-state index contributed by atoms with van der Waals surface area (Å²) in [5.41, 5.74) is -1.66. The molecular formula is C19H34O4. The van der Waals surface area contributed by atoms with E-state index in [2.05, 4.69) is 6.92 Å². The lowest BCUT2D eigenvalue weighted by molar-refractivity contribution is -0.142. The van der Waals surface area contributed by atoms with Crippen molar-refractivity contribution < 1.29 is 19.5 Å². The summed E-state index contributed by atoms with van der Waals surface area (Å²) in [5.74, 6) is -0.445. The van der Waals surface area contributed by atoms with E-state index in [-0.39, 0.29) is 30.8 Å². The number of carbonyl (C=O) groups excluding carboxylic acids is 3. The highest BCUT2D eigenvalue weighted by atomic mass is 16.3. The van der Waals surface area contributed by atoms with Gasteiger partial charge in [0.1, 0.15) is 17.2 Å². The van der Waals surface area contributed by atoms with Gasteiger partial charge in [0, 0.05) is 25.7 Å². The lowest BCUT2D eigenvalue weighted by Crippen LogP contribution is -2.39. The molecule has 4 heteroatoms. The number of hydrogen-bond acceptors (Lipinski definition) is 4. The minimum Gasteiger partial charge on any atom is -0.382 e. The summed E-state index contributed by atoms with van der Waals surface area (Å²) in [6.45, 7) is 5.45. The molecule has 1 unspecified atom stereocenters. The zero-order chi connectivity index (χ0) is 17.7. The molecule has 0 rings (SSSR count). The van der Waals surface area contributed by atoms with Crippen LogP contribution in [0.1, 0.15) is 97.8 Å². The molecule has 23 heavy (non-hydrogen) atoms. The van der Waals surface area contributed by atoms with Crippen LogP contribution in [0, 0.1) is 0 Å². The average Bonchev–Trinajstić information content (AvgIpc) is 2.50. The van der Waals surface area contributed by atoms with Crippen molar-refractivity contribution in [1.82, 2.24) is 0 Å². The van der Waals surface area contributed by atoms with Gasteiger partial charge in [0.2, 0.25) is 0 Å². The number of rotatable bonds is 15. The van der Waals surface area contributed by atoms with Crippen LogP contribution in [0.25, 0.3) is 0 Å². The highest BCUT2D eigenvalue weighted by Crippen LogP contribution is 2.22. The SMILES string of the molecule is CCCCCCCC(=O)CC(O)(CCC(=O)CCCC)C(C)=O. The molecule has 1 N–H and O–H groups in total. The van der Waals surface area contributed by atoms with Gasteiger partial charge in [-0.25, -0.2) is 0 Å². The lowest BCUT2D eigenvalue weighted by Gasteiger charge is -2.24. The molecule has 1 atom stereocenters. The predicted molar refractivity (Wildman–Crippen MR) is 92.4 cm³/mol. The highest BCUT2D eigenvalue weighted by Gasteiger charge is 2.34. The highest BCUT2D eigenvalue weighted by molar-refractivity contribution is 5.92. The van der Waals surface area contributed by atoms with E-state index in [4.69, 9.17) is 0 Å². The lowest BCUT2D eigenvalue weighted by atomic mass is 9.86. The van der Waals surface area contributed by atoms with Crippen LogP contribution in [-0.4, -0.2) is 28.1 Å². The maximum Gasteiger partial charge on any atom is 0.161 e. The fourth-order valence-electron chi connectivity index (χ4n) is 2.57. The third kappa shape index (κ3) is 10.4.